The van der Waals surface area contributed by atoms with Gasteiger partial charge in [0.15, 0.2) is 0 Å². The first kappa shape index (κ1) is 19.8. The Morgan fingerprint density at radius 2 is 1.74 bits per heavy atom. The van der Waals surface area contributed by atoms with Gasteiger partial charge in [-0.05, 0) is 48.7 Å². The molecule has 0 aromatic heterocycles. The van der Waals surface area contributed by atoms with Gasteiger partial charge in [-0.2, -0.15) is 0 Å². The molecule has 3 rings (SSSR count). The van der Waals surface area contributed by atoms with Crippen LogP contribution in [0.3, 0.4) is 0 Å². The minimum Gasteiger partial charge on any atom is -0.326 e. The average molecular weight is 405 g/mol. The summed E-state index contributed by atoms with van der Waals surface area (Å²) in [6.07, 6.45) is 6.39. The summed E-state index contributed by atoms with van der Waals surface area (Å²) in [5.41, 5.74) is 1.80. The van der Waals surface area contributed by atoms with Crippen molar-refractivity contribution in [1.82, 2.24) is 0 Å². The summed E-state index contributed by atoms with van der Waals surface area (Å²) in [5, 5.41) is 3.59. The van der Waals surface area contributed by atoms with Crippen molar-refractivity contribution in [2.45, 2.75) is 42.2 Å². The number of thioether (sulfide) groups is 1. The molecule has 2 aromatic carbocycles. The summed E-state index contributed by atoms with van der Waals surface area (Å²) in [4.78, 5) is 13.6. The van der Waals surface area contributed by atoms with Gasteiger partial charge in [-0.25, -0.2) is 8.42 Å². The van der Waals surface area contributed by atoms with Gasteiger partial charge in [0.1, 0.15) is 0 Å². The minimum atomic E-state index is -3.39. The fourth-order valence-electron chi connectivity index (χ4n) is 3.17. The van der Waals surface area contributed by atoms with E-state index in [1.807, 2.05) is 36.0 Å². The molecule has 1 fully saturated rings. The highest BCUT2D eigenvalue weighted by Crippen LogP contribution is 2.35. The average Bonchev–Trinajstić information content (AvgIpc) is 3.10. The minimum absolute atomic E-state index is 0.0945. The van der Waals surface area contributed by atoms with Crippen molar-refractivity contribution < 1.29 is 13.2 Å². The van der Waals surface area contributed by atoms with Gasteiger partial charge in [0, 0.05) is 15.8 Å². The van der Waals surface area contributed by atoms with E-state index in [1.165, 1.54) is 30.6 Å². The first-order valence-corrected chi connectivity index (χ1v) is 11.8. The van der Waals surface area contributed by atoms with Gasteiger partial charge < -0.3 is 5.32 Å². The number of hydrogen-bond acceptors (Lipinski definition) is 4. The lowest BCUT2D eigenvalue weighted by atomic mass is 10.1. The Bertz CT molecular complexity index is 890. The van der Waals surface area contributed by atoms with E-state index in [2.05, 4.69) is 10.0 Å². The zero-order valence-corrected chi connectivity index (χ0v) is 16.9. The van der Waals surface area contributed by atoms with Crippen molar-refractivity contribution in [3.63, 3.8) is 0 Å². The van der Waals surface area contributed by atoms with Gasteiger partial charge in [-0.3, -0.25) is 9.52 Å². The molecule has 0 saturated heterocycles. The molecule has 1 aliphatic carbocycles. The Balaban J connectivity index is 1.59. The van der Waals surface area contributed by atoms with E-state index < -0.39 is 10.0 Å². The van der Waals surface area contributed by atoms with E-state index in [0.29, 0.717) is 16.5 Å². The van der Waals surface area contributed by atoms with Crippen LogP contribution in [0, 0.1) is 0 Å². The second-order valence-electron chi connectivity index (χ2n) is 6.81. The number of anilines is 2. The molecule has 1 saturated carbocycles. The first-order valence-electron chi connectivity index (χ1n) is 9.01. The van der Waals surface area contributed by atoms with Crippen LogP contribution in [0.25, 0.3) is 0 Å². The second kappa shape index (κ2) is 8.80. The third-order valence-corrected chi connectivity index (χ3v) is 6.35. The molecule has 0 unspecified atom stereocenters. The van der Waals surface area contributed by atoms with Crippen LogP contribution >= 0.6 is 11.8 Å². The summed E-state index contributed by atoms with van der Waals surface area (Å²) in [7, 11) is -3.39. The lowest BCUT2D eigenvalue weighted by molar-refractivity contribution is -0.115. The topological polar surface area (TPSA) is 75.3 Å². The highest BCUT2D eigenvalue weighted by Gasteiger charge is 2.16. The Hall–Kier alpha value is -1.99. The van der Waals surface area contributed by atoms with Crippen LogP contribution in [-0.4, -0.2) is 25.8 Å². The molecule has 0 bridgehead atoms. The van der Waals surface area contributed by atoms with Crippen LogP contribution in [-0.2, 0) is 21.2 Å². The molecule has 5 nitrogen and oxygen atoms in total. The predicted molar refractivity (Wildman–Crippen MR) is 112 cm³/mol. The molecule has 0 heterocycles. The van der Waals surface area contributed by atoms with E-state index in [0.717, 1.165) is 11.9 Å². The first-order chi connectivity index (χ1) is 12.9. The SMILES string of the molecule is CS(=O)(=O)Nc1ccccc1CC(=O)Nc1ccc(SC2CCCC2)cc1. The Morgan fingerprint density at radius 1 is 1.07 bits per heavy atom. The van der Waals surface area contributed by atoms with Gasteiger partial charge in [0.2, 0.25) is 15.9 Å². The molecule has 27 heavy (non-hydrogen) atoms. The maximum atomic E-state index is 12.4. The number of carbonyl (C=O) groups excluding carboxylic acids is 1. The van der Waals surface area contributed by atoms with Crippen LogP contribution in [0.1, 0.15) is 31.2 Å². The highest BCUT2D eigenvalue weighted by atomic mass is 32.2. The monoisotopic (exact) mass is 404 g/mol. The Morgan fingerprint density at radius 3 is 2.41 bits per heavy atom. The van der Waals surface area contributed by atoms with Gasteiger partial charge in [-0.1, -0.05) is 31.0 Å². The maximum Gasteiger partial charge on any atom is 0.229 e. The molecular formula is C20H24N2O3S2. The molecular weight excluding hydrogens is 380 g/mol. The molecule has 1 amide bonds. The molecule has 2 N–H and O–H groups in total. The normalized spacial score (nSPS) is 14.9. The smallest absolute Gasteiger partial charge is 0.229 e. The molecule has 0 atom stereocenters. The lowest BCUT2D eigenvalue weighted by Gasteiger charge is -2.12. The van der Waals surface area contributed by atoms with Crippen molar-refractivity contribution in [1.29, 1.82) is 0 Å². The molecule has 0 radical (unpaired) electrons. The van der Waals surface area contributed by atoms with Crippen LogP contribution in [0.2, 0.25) is 0 Å². The van der Waals surface area contributed by atoms with Crippen LogP contribution in [0.4, 0.5) is 11.4 Å². The molecule has 2 aromatic rings. The summed E-state index contributed by atoms with van der Waals surface area (Å²) >= 11 is 1.91. The number of rotatable bonds is 7. The van der Waals surface area contributed by atoms with Crippen LogP contribution in [0.5, 0.6) is 0 Å². The number of benzene rings is 2. The van der Waals surface area contributed by atoms with E-state index in [1.54, 1.807) is 24.3 Å². The third kappa shape index (κ3) is 6.29. The quantitative estimate of drug-likeness (QED) is 0.722. The number of carbonyl (C=O) groups is 1. The number of amides is 1. The summed E-state index contributed by atoms with van der Waals surface area (Å²) in [6.45, 7) is 0. The fourth-order valence-corrected chi connectivity index (χ4v) is 5.01. The van der Waals surface area contributed by atoms with Crippen LogP contribution in [0.15, 0.2) is 53.4 Å². The van der Waals surface area contributed by atoms with Gasteiger partial charge in [0.25, 0.3) is 0 Å². The zero-order chi connectivity index (χ0) is 19.3. The largest absolute Gasteiger partial charge is 0.326 e. The third-order valence-electron chi connectivity index (χ3n) is 4.41. The standard InChI is InChI=1S/C20H24N2O3S2/c1-27(24,25)22-19-9-5-2-6-15(19)14-20(23)21-16-10-12-18(13-11-16)26-17-7-3-4-8-17/h2,5-6,9-13,17,22H,3-4,7-8,14H2,1H3,(H,21,23). The van der Waals surface area contributed by atoms with Crippen molar-refractivity contribution in [2.75, 3.05) is 16.3 Å². The van der Waals surface area contributed by atoms with Crippen molar-refractivity contribution in [3.05, 3.63) is 54.1 Å². The Kier molecular flexibility index (Phi) is 6.44. The van der Waals surface area contributed by atoms with Gasteiger partial charge >= 0.3 is 0 Å². The van der Waals surface area contributed by atoms with Gasteiger partial charge in [0.05, 0.1) is 18.4 Å². The highest BCUT2D eigenvalue weighted by molar-refractivity contribution is 8.00. The zero-order valence-electron chi connectivity index (χ0n) is 15.3. The van der Waals surface area contributed by atoms with E-state index in [-0.39, 0.29) is 12.3 Å². The molecule has 7 heteroatoms. The summed E-state index contributed by atoms with van der Waals surface area (Å²) in [5.74, 6) is -0.186. The number of hydrogen-bond donors (Lipinski definition) is 2. The van der Waals surface area contributed by atoms with E-state index >= 15 is 0 Å². The van der Waals surface area contributed by atoms with Gasteiger partial charge in [-0.15, -0.1) is 11.8 Å². The maximum absolute atomic E-state index is 12.4. The number of para-hydroxylation sites is 1. The van der Waals surface area contributed by atoms with E-state index in [4.69, 9.17) is 0 Å². The van der Waals surface area contributed by atoms with Crippen molar-refractivity contribution in [3.8, 4) is 0 Å². The molecule has 1 aliphatic rings. The molecule has 0 aliphatic heterocycles. The van der Waals surface area contributed by atoms with Crippen molar-refractivity contribution in [2.24, 2.45) is 0 Å². The fraction of sp³-hybridized carbons (Fsp3) is 0.350. The number of sulfonamides is 1. The number of nitrogens with one attached hydrogen (secondary N) is 2. The molecule has 0 spiro atoms. The Labute approximate surface area is 165 Å². The predicted octanol–water partition coefficient (Wildman–Crippen LogP) is 4.27. The van der Waals surface area contributed by atoms with E-state index in [9.17, 15) is 13.2 Å². The second-order valence-corrected chi connectivity index (χ2v) is 9.93. The molecule has 144 valence electrons. The van der Waals surface area contributed by atoms with Crippen molar-refractivity contribution >= 4 is 39.1 Å². The summed E-state index contributed by atoms with van der Waals surface area (Å²) < 4.78 is 25.4. The lowest BCUT2D eigenvalue weighted by Crippen LogP contribution is -2.17. The van der Waals surface area contributed by atoms with Crippen LogP contribution < -0.4 is 10.0 Å². The summed E-state index contributed by atoms with van der Waals surface area (Å²) in [6, 6.07) is 14.8.